The number of anilines is 1. The van der Waals surface area contributed by atoms with E-state index in [2.05, 4.69) is 0 Å². The van der Waals surface area contributed by atoms with Gasteiger partial charge in [0.2, 0.25) is 15.9 Å². The summed E-state index contributed by atoms with van der Waals surface area (Å²) < 4.78 is 32.3. The van der Waals surface area contributed by atoms with Gasteiger partial charge in [-0.3, -0.25) is 9.59 Å². The van der Waals surface area contributed by atoms with E-state index < -0.39 is 22.0 Å². The minimum absolute atomic E-state index is 0.0590. The Morgan fingerprint density at radius 2 is 2.04 bits per heavy atom. The predicted octanol–water partition coefficient (Wildman–Crippen LogP) is 1.31. The normalized spacial score (nSPS) is 20.6. The molecule has 0 spiro atoms. The summed E-state index contributed by atoms with van der Waals surface area (Å²) in [5, 5.41) is 0. The molecule has 2 heterocycles. The number of hydrogen-bond acceptors (Lipinski definition) is 5. The van der Waals surface area contributed by atoms with Crippen LogP contribution in [0.5, 0.6) is 0 Å². The molecular formula is C17H22N2O5S. The molecule has 0 aromatic heterocycles. The van der Waals surface area contributed by atoms with E-state index >= 15 is 0 Å². The largest absolute Gasteiger partial charge is 0.465 e. The van der Waals surface area contributed by atoms with E-state index in [1.54, 1.807) is 24.0 Å². The molecule has 2 aliphatic heterocycles. The number of benzene rings is 1. The number of fused-ring (bicyclic) bond motifs is 1. The maximum atomic E-state index is 13.0. The van der Waals surface area contributed by atoms with Gasteiger partial charge in [0.1, 0.15) is 6.04 Å². The van der Waals surface area contributed by atoms with Crippen LogP contribution in [0.1, 0.15) is 32.3 Å². The molecule has 1 aromatic rings. The molecule has 7 nitrogen and oxygen atoms in total. The van der Waals surface area contributed by atoms with Gasteiger partial charge < -0.3 is 9.64 Å². The number of sulfonamides is 1. The minimum Gasteiger partial charge on any atom is -0.465 e. The smallest absolute Gasteiger partial charge is 0.324 e. The van der Waals surface area contributed by atoms with Crippen LogP contribution < -0.4 is 4.90 Å². The fourth-order valence-electron chi connectivity index (χ4n) is 3.50. The molecule has 0 aliphatic carbocycles. The van der Waals surface area contributed by atoms with E-state index in [1.807, 2.05) is 0 Å². The first kappa shape index (κ1) is 17.9. The van der Waals surface area contributed by atoms with Crippen molar-refractivity contribution in [1.29, 1.82) is 0 Å². The molecule has 136 valence electrons. The molecule has 1 amide bonds. The number of esters is 1. The maximum absolute atomic E-state index is 13.0. The highest BCUT2D eigenvalue weighted by Crippen LogP contribution is 2.33. The maximum Gasteiger partial charge on any atom is 0.324 e. The Morgan fingerprint density at radius 1 is 1.28 bits per heavy atom. The van der Waals surface area contributed by atoms with Crippen molar-refractivity contribution in [1.82, 2.24) is 4.31 Å². The van der Waals surface area contributed by atoms with E-state index in [0.29, 0.717) is 32.4 Å². The first-order valence-corrected chi connectivity index (χ1v) is 9.89. The molecule has 1 aromatic carbocycles. The second-order valence-corrected chi connectivity index (χ2v) is 8.13. The predicted molar refractivity (Wildman–Crippen MR) is 91.7 cm³/mol. The molecule has 25 heavy (non-hydrogen) atoms. The summed E-state index contributed by atoms with van der Waals surface area (Å²) in [6.07, 6.45) is 1.73. The summed E-state index contributed by atoms with van der Waals surface area (Å²) in [5.41, 5.74) is 1.60. The summed E-state index contributed by atoms with van der Waals surface area (Å²) in [5.74, 6) is -0.552. The van der Waals surface area contributed by atoms with Crippen LogP contribution in [-0.2, 0) is 30.8 Å². The molecule has 2 aliphatic rings. The standard InChI is InChI=1S/C17H22N2O5S/c1-3-24-17(21)16-5-4-9-19(16)25(22,23)14-6-7-15-13(11-14)8-10-18(15)12(2)20/h6-7,11,16H,3-5,8-10H2,1-2H3/t16-/m1/s1. The van der Waals surface area contributed by atoms with E-state index in [4.69, 9.17) is 4.74 Å². The van der Waals surface area contributed by atoms with E-state index in [9.17, 15) is 18.0 Å². The molecule has 0 saturated carbocycles. The molecule has 1 atom stereocenters. The number of nitrogens with zero attached hydrogens (tertiary/aromatic N) is 2. The topological polar surface area (TPSA) is 84.0 Å². The van der Waals surface area contributed by atoms with E-state index in [-0.39, 0.29) is 17.4 Å². The van der Waals surface area contributed by atoms with Crippen molar-refractivity contribution >= 4 is 27.6 Å². The second kappa shape index (κ2) is 6.76. The van der Waals surface area contributed by atoms with Crippen molar-refractivity contribution in [3.8, 4) is 0 Å². The van der Waals surface area contributed by atoms with Crippen molar-refractivity contribution < 1.29 is 22.7 Å². The summed E-state index contributed by atoms with van der Waals surface area (Å²) in [4.78, 5) is 25.5. The summed E-state index contributed by atoms with van der Waals surface area (Å²) in [7, 11) is -3.78. The number of amides is 1. The van der Waals surface area contributed by atoms with Gasteiger partial charge in [-0.1, -0.05) is 0 Å². The van der Waals surface area contributed by atoms with Crippen LogP contribution in [0.25, 0.3) is 0 Å². The monoisotopic (exact) mass is 366 g/mol. The van der Waals surface area contributed by atoms with Crippen LogP contribution in [-0.4, -0.2) is 50.3 Å². The zero-order valence-corrected chi connectivity index (χ0v) is 15.2. The van der Waals surface area contributed by atoms with Gasteiger partial charge in [-0.2, -0.15) is 4.31 Å². The quantitative estimate of drug-likeness (QED) is 0.750. The third kappa shape index (κ3) is 3.16. The lowest BCUT2D eigenvalue weighted by Gasteiger charge is -2.23. The number of ether oxygens (including phenoxy) is 1. The Kier molecular flexibility index (Phi) is 4.83. The average molecular weight is 366 g/mol. The van der Waals surface area contributed by atoms with Gasteiger partial charge in [0.25, 0.3) is 0 Å². The second-order valence-electron chi connectivity index (χ2n) is 6.24. The number of carbonyl (C=O) groups excluding carboxylic acids is 2. The van der Waals surface area contributed by atoms with Crippen LogP contribution in [0.15, 0.2) is 23.1 Å². The van der Waals surface area contributed by atoms with Crippen LogP contribution in [0, 0.1) is 0 Å². The molecule has 3 rings (SSSR count). The van der Waals surface area contributed by atoms with Gasteiger partial charge >= 0.3 is 5.97 Å². The lowest BCUT2D eigenvalue weighted by molar-refractivity contribution is -0.146. The number of carbonyl (C=O) groups is 2. The van der Waals surface area contributed by atoms with Crippen LogP contribution in [0.4, 0.5) is 5.69 Å². The number of rotatable bonds is 4. The van der Waals surface area contributed by atoms with Crippen molar-refractivity contribution in [2.45, 2.75) is 44.0 Å². The number of hydrogen-bond donors (Lipinski definition) is 0. The third-order valence-electron chi connectivity index (χ3n) is 4.70. The molecule has 0 N–H and O–H groups in total. The van der Waals surface area contributed by atoms with Crippen LogP contribution in [0.3, 0.4) is 0 Å². The van der Waals surface area contributed by atoms with Crippen molar-refractivity contribution in [3.63, 3.8) is 0 Å². The first-order chi connectivity index (χ1) is 11.9. The molecule has 0 bridgehead atoms. The van der Waals surface area contributed by atoms with Crippen LogP contribution in [0.2, 0.25) is 0 Å². The Bertz CT molecular complexity index is 805. The minimum atomic E-state index is -3.78. The van der Waals surface area contributed by atoms with Gasteiger partial charge in [0, 0.05) is 25.7 Å². The van der Waals surface area contributed by atoms with Gasteiger partial charge in [0.15, 0.2) is 0 Å². The highest BCUT2D eigenvalue weighted by Gasteiger charge is 2.40. The Balaban J connectivity index is 1.91. The Labute approximate surface area is 147 Å². The summed E-state index contributed by atoms with van der Waals surface area (Å²) >= 11 is 0. The van der Waals surface area contributed by atoms with Crippen molar-refractivity contribution in [3.05, 3.63) is 23.8 Å². The summed E-state index contributed by atoms with van der Waals surface area (Å²) in [6, 6.07) is 4.04. The molecule has 1 saturated heterocycles. The SMILES string of the molecule is CCOC(=O)[C@H]1CCCN1S(=O)(=O)c1ccc2c(c1)CCN2C(C)=O. The molecule has 0 radical (unpaired) electrons. The fraction of sp³-hybridized carbons (Fsp3) is 0.529. The van der Waals surface area contributed by atoms with Gasteiger partial charge in [-0.15, -0.1) is 0 Å². The highest BCUT2D eigenvalue weighted by molar-refractivity contribution is 7.89. The lowest BCUT2D eigenvalue weighted by atomic mass is 10.2. The van der Waals surface area contributed by atoms with Crippen LogP contribution >= 0.6 is 0 Å². The summed E-state index contributed by atoms with van der Waals surface area (Å²) in [6.45, 7) is 4.29. The van der Waals surface area contributed by atoms with E-state index in [0.717, 1.165) is 11.3 Å². The van der Waals surface area contributed by atoms with E-state index in [1.165, 1.54) is 17.3 Å². The van der Waals surface area contributed by atoms with Crippen molar-refractivity contribution in [2.75, 3.05) is 24.6 Å². The van der Waals surface area contributed by atoms with Gasteiger partial charge in [-0.05, 0) is 49.9 Å². The molecule has 1 fully saturated rings. The zero-order valence-electron chi connectivity index (χ0n) is 14.4. The molecule has 0 unspecified atom stereocenters. The molecule has 8 heteroatoms. The van der Waals surface area contributed by atoms with Gasteiger partial charge in [0.05, 0.1) is 11.5 Å². The molecular weight excluding hydrogens is 344 g/mol. The average Bonchev–Trinajstić information content (AvgIpc) is 3.21. The fourth-order valence-corrected chi connectivity index (χ4v) is 5.20. The van der Waals surface area contributed by atoms with Gasteiger partial charge in [-0.25, -0.2) is 8.42 Å². The highest BCUT2D eigenvalue weighted by atomic mass is 32.2. The Morgan fingerprint density at radius 3 is 2.72 bits per heavy atom. The lowest BCUT2D eigenvalue weighted by Crippen LogP contribution is -2.41. The first-order valence-electron chi connectivity index (χ1n) is 8.45. The zero-order chi connectivity index (χ0) is 18.2. The third-order valence-corrected chi connectivity index (χ3v) is 6.60. The van der Waals surface area contributed by atoms with Crippen molar-refractivity contribution in [2.24, 2.45) is 0 Å². The Hall–Kier alpha value is -1.93.